The van der Waals surface area contributed by atoms with E-state index in [1.54, 1.807) is 13.1 Å². The van der Waals surface area contributed by atoms with Gasteiger partial charge >= 0.3 is 5.97 Å². The molecule has 1 aliphatic heterocycles. The van der Waals surface area contributed by atoms with Crippen molar-refractivity contribution < 1.29 is 9.53 Å². The molecule has 0 radical (unpaired) electrons. The number of nitrogens with zero attached hydrogens (tertiary/aromatic N) is 2. The molecule has 14 heavy (non-hydrogen) atoms. The van der Waals surface area contributed by atoms with Gasteiger partial charge in [0.2, 0.25) is 0 Å². The lowest BCUT2D eigenvalue weighted by molar-refractivity contribution is -0.143. The molecule has 0 aromatic heterocycles. The highest BCUT2D eigenvalue weighted by Crippen LogP contribution is 2.13. The van der Waals surface area contributed by atoms with E-state index in [2.05, 4.69) is 6.07 Å². The molecule has 0 unspecified atom stereocenters. The molecule has 1 heterocycles. The second kappa shape index (κ2) is 5.28. The lowest BCUT2D eigenvalue weighted by Crippen LogP contribution is -2.29. The highest BCUT2D eigenvalue weighted by atomic mass is 16.5. The zero-order valence-corrected chi connectivity index (χ0v) is 8.32. The van der Waals surface area contributed by atoms with Crippen LogP contribution in [0.5, 0.6) is 0 Å². The third-order valence-corrected chi connectivity index (χ3v) is 2.01. The second-order valence-corrected chi connectivity index (χ2v) is 3.15. The molecule has 0 fully saturated rings. The Bertz CT molecular complexity index is 278. The lowest BCUT2D eigenvalue weighted by Gasteiger charge is -2.23. The van der Waals surface area contributed by atoms with E-state index < -0.39 is 0 Å². The summed E-state index contributed by atoms with van der Waals surface area (Å²) in [5.74, 6) is -0.233. The van der Waals surface area contributed by atoms with Gasteiger partial charge in [-0.2, -0.15) is 5.26 Å². The highest BCUT2D eigenvalue weighted by Gasteiger charge is 2.13. The summed E-state index contributed by atoms with van der Waals surface area (Å²) in [6.07, 6.45) is 3.50. The van der Waals surface area contributed by atoms with Crippen LogP contribution >= 0.6 is 0 Å². The molecular weight excluding hydrogens is 180 g/mol. The van der Waals surface area contributed by atoms with Gasteiger partial charge < -0.3 is 9.64 Å². The summed E-state index contributed by atoms with van der Waals surface area (Å²) in [4.78, 5) is 13.0. The van der Waals surface area contributed by atoms with Crippen LogP contribution in [0.15, 0.2) is 11.8 Å². The first kappa shape index (κ1) is 10.6. The SMILES string of the molecule is CCOC(=O)CN1C=C(C#N)CCC1. The van der Waals surface area contributed by atoms with Crippen molar-refractivity contribution in [2.24, 2.45) is 0 Å². The molecule has 0 saturated carbocycles. The third-order valence-electron chi connectivity index (χ3n) is 2.01. The number of nitriles is 1. The van der Waals surface area contributed by atoms with Crippen molar-refractivity contribution in [2.75, 3.05) is 19.7 Å². The zero-order chi connectivity index (χ0) is 10.4. The largest absolute Gasteiger partial charge is 0.465 e. The molecule has 0 saturated heterocycles. The molecule has 0 spiro atoms. The summed E-state index contributed by atoms with van der Waals surface area (Å²) in [6, 6.07) is 2.11. The summed E-state index contributed by atoms with van der Waals surface area (Å²) in [5, 5.41) is 8.69. The van der Waals surface area contributed by atoms with Gasteiger partial charge in [0, 0.05) is 18.3 Å². The molecule has 0 aliphatic carbocycles. The van der Waals surface area contributed by atoms with Crippen molar-refractivity contribution in [1.29, 1.82) is 5.26 Å². The Morgan fingerprint density at radius 3 is 3.21 bits per heavy atom. The predicted octanol–water partition coefficient (Wildman–Crippen LogP) is 1.05. The molecule has 0 aromatic rings. The van der Waals surface area contributed by atoms with E-state index in [1.165, 1.54) is 0 Å². The standard InChI is InChI=1S/C10H14N2O2/c1-2-14-10(13)8-12-5-3-4-9(6-11)7-12/h7H,2-5,8H2,1H3. The summed E-state index contributed by atoms with van der Waals surface area (Å²) < 4.78 is 4.82. The predicted molar refractivity (Wildman–Crippen MR) is 51.1 cm³/mol. The lowest BCUT2D eigenvalue weighted by atomic mass is 10.1. The van der Waals surface area contributed by atoms with Crippen LogP contribution in [0.25, 0.3) is 0 Å². The fourth-order valence-electron chi connectivity index (χ4n) is 1.40. The molecule has 1 aliphatic rings. The van der Waals surface area contributed by atoms with E-state index in [0.717, 1.165) is 25.0 Å². The van der Waals surface area contributed by atoms with Crippen molar-refractivity contribution >= 4 is 5.97 Å². The van der Waals surface area contributed by atoms with Gasteiger partial charge in [-0.15, -0.1) is 0 Å². The van der Waals surface area contributed by atoms with Gasteiger partial charge in [-0.1, -0.05) is 0 Å². The third kappa shape index (κ3) is 3.09. The van der Waals surface area contributed by atoms with Crippen molar-refractivity contribution in [2.45, 2.75) is 19.8 Å². The van der Waals surface area contributed by atoms with Crippen LogP contribution in [0.4, 0.5) is 0 Å². The topological polar surface area (TPSA) is 53.3 Å². The minimum Gasteiger partial charge on any atom is -0.465 e. The first-order valence-corrected chi connectivity index (χ1v) is 4.76. The molecule has 0 amide bonds. The van der Waals surface area contributed by atoms with Crippen molar-refractivity contribution in [3.8, 4) is 6.07 Å². The van der Waals surface area contributed by atoms with Crippen LogP contribution in [0.3, 0.4) is 0 Å². The van der Waals surface area contributed by atoms with Crippen molar-refractivity contribution in [3.05, 3.63) is 11.8 Å². The first-order valence-electron chi connectivity index (χ1n) is 4.76. The Morgan fingerprint density at radius 2 is 2.57 bits per heavy atom. The Hall–Kier alpha value is -1.50. The normalized spacial score (nSPS) is 15.7. The molecular formula is C10H14N2O2. The van der Waals surface area contributed by atoms with Gasteiger partial charge in [0.15, 0.2) is 0 Å². The van der Waals surface area contributed by atoms with Crippen LogP contribution in [0, 0.1) is 11.3 Å². The van der Waals surface area contributed by atoms with Crippen LogP contribution in [-0.4, -0.2) is 30.6 Å². The van der Waals surface area contributed by atoms with Crippen molar-refractivity contribution in [1.82, 2.24) is 4.90 Å². The maximum Gasteiger partial charge on any atom is 0.325 e. The maximum atomic E-state index is 11.1. The monoisotopic (exact) mass is 194 g/mol. The Labute approximate surface area is 83.8 Å². The number of hydrogen-bond acceptors (Lipinski definition) is 4. The van der Waals surface area contributed by atoms with E-state index in [4.69, 9.17) is 10.00 Å². The highest BCUT2D eigenvalue weighted by molar-refractivity contribution is 5.71. The molecule has 76 valence electrons. The number of carbonyl (C=O) groups is 1. The number of ether oxygens (including phenoxy) is 1. The Morgan fingerprint density at radius 1 is 1.79 bits per heavy atom. The summed E-state index contributed by atoms with van der Waals surface area (Å²) in [6.45, 7) is 3.26. The number of esters is 1. The minimum atomic E-state index is -0.233. The van der Waals surface area contributed by atoms with Gasteiger partial charge in [-0.25, -0.2) is 0 Å². The Kier molecular flexibility index (Phi) is 3.99. The molecule has 0 bridgehead atoms. The smallest absolute Gasteiger partial charge is 0.325 e. The number of rotatable bonds is 3. The molecule has 4 heteroatoms. The van der Waals surface area contributed by atoms with Gasteiger partial charge in [-0.05, 0) is 19.8 Å². The van der Waals surface area contributed by atoms with Crippen LogP contribution in [-0.2, 0) is 9.53 Å². The number of carbonyl (C=O) groups excluding carboxylic acids is 1. The fourth-order valence-corrected chi connectivity index (χ4v) is 1.40. The van der Waals surface area contributed by atoms with Crippen LogP contribution in [0.2, 0.25) is 0 Å². The number of hydrogen-bond donors (Lipinski definition) is 0. The van der Waals surface area contributed by atoms with Crippen molar-refractivity contribution in [3.63, 3.8) is 0 Å². The molecule has 1 rings (SSSR count). The average Bonchev–Trinajstić information content (AvgIpc) is 2.18. The summed E-state index contributed by atoms with van der Waals surface area (Å²) in [7, 11) is 0. The number of allylic oxidation sites excluding steroid dienone is 1. The van der Waals surface area contributed by atoms with Crippen LogP contribution < -0.4 is 0 Å². The van der Waals surface area contributed by atoms with E-state index in [-0.39, 0.29) is 12.5 Å². The average molecular weight is 194 g/mol. The summed E-state index contributed by atoms with van der Waals surface area (Å²) in [5.41, 5.74) is 0.737. The van der Waals surface area contributed by atoms with Gasteiger partial charge in [0.05, 0.1) is 12.7 Å². The zero-order valence-electron chi connectivity index (χ0n) is 8.32. The van der Waals surface area contributed by atoms with Gasteiger partial charge in [0.1, 0.15) is 6.54 Å². The molecule has 4 nitrogen and oxygen atoms in total. The van der Waals surface area contributed by atoms with Crippen LogP contribution in [0.1, 0.15) is 19.8 Å². The molecule has 0 aromatic carbocycles. The summed E-state index contributed by atoms with van der Waals surface area (Å²) >= 11 is 0. The Balaban J connectivity index is 2.45. The maximum absolute atomic E-state index is 11.1. The van der Waals surface area contributed by atoms with E-state index >= 15 is 0 Å². The molecule has 0 atom stereocenters. The van der Waals surface area contributed by atoms with Gasteiger partial charge in [0.25, 0.3) is 0 Å². The fraction of sp³-hybridized carbons (Fsp3) is 0.600. The molecule has 0 N–H and O–H groups in total. The van der Waals surface area contributed by atoms with E-state index in [0.29, 0.717) is 6.61 Å². The first-order chi connectivity index (χ1) is 6.76. The quantitative estimate of drug-likeness (QED) is 0.630. The van der Waals surface area contributed by atoms with Gasteiger partial charge in [-0.3, -0.25) is 4.79 Å². The van der Waals surface area contributed by atoms with E-state index in [1.807, 2.05) is 4.90 Å². The minimum absolute atomic E-state index is 0.233. The van der Waals surface area contributed by atoms with E-state index in [9.17, 15) is 4.79 Å². The second-order valence-electron chi connectivity index (χ2n) is 3.15.